The molecule has 0 saturated heterocycles. The second kappa shape index (κ2) is 6.89. The maximum atomic E-state index is 6.07. The fourth-order valence-corrected chi connectivity index (χ4v) is 1.72. The molecule has 1 rings (SSSR count). The largest absolute Gasteiger partial charge is 0.379 e. The van der Waals surface area contributed by atoms with E-state index in [4.69, 9.17) is 22.1 Å². The summed E-state index contributed by atoms with van der Waals surface area (Å²) in [6.07, 6.45) is 1.94. The zero-order valence-electron chi connectivity index (χ0n) is 9.95. The summed E-state index contributed by atoms with van der Waals surface area (Å²) in [6, 6.07) is 7.94. The second-order valence-corrected chi connectivity index (χ2v) is 4.67. The molecule has 0 spiro atoms. The lowest BCUT2D eigenvalue weighted by molar-refractivity contribution is 0.0737. The van der Waals surface area contributed by atoms with Crippen LogP contribution in [0.5, 0.6) is 0 Å². The van der Waals surface area contributed by atoms with Gasteiger partial charge in [0.25, 0.3) is 0 Å². The van der Waals surface area contributed by atoms with Gasteiger partial charge in [-0.25, -0.2) is 0 Å². The highest BCUT2D eigenvalue weighted by Crippen LogP contribution is 2.16. The van der Waals surface area contributed by atoms with Gasteiger partial charge in [0.15, 0.2) is 0 Å². The molecule has 0 aliphatic carbocycles. The van der Waals surface area contributed by atoms with Crippen LogP contribution in [0.1, 0.15) is 25.8 Å². The van der Waals surface area contributed by atoms with E-state index in [1.165, 1.54) is 0 Å². The summed E-state index contributed by atoms with van der Waals surface area (Å²) in [7, 11) is 0. The van der Waals surface area contributed by atoms with E-state index in [9.17, 15) is 0 Å². The standard InChI is InChI=1S/C13H20ClNO/c1-10(2)16-8-7-12(15)9-11-5-3-4-6-13(11)14/h3-6,10,12H,7-9,15H2,1-2H3. The van der Waals surface area contributed by atoms with Crippen LogP contribution in [-0.4, -0.2) is 18.8 Å². The Morgan fingerprint density at radius 2 is 2.00 bits per heavy atom. The quantitative estimate of drug-likeness (QED) is 0.831. The first-order valence-electron chi connectivity index (χ1n) is 5.70. The lowest BCUT2D eigenvalue weighted by atomic mass is 10.0. The molecule has 0 amide bonds. The smallest absolute Gasteiger partial charge is 0.0518 e. The molecule has 1 aromatic rings. The molecule has 1 aromatic carbocycles. The van der Waals surface area contributed by atoms with Crippen LogP contribution in [0.15, 0.2) is 24.3 Å². The lowest BCUT2D eigenvalue weighted by Crippen LogP contribution is -2.25. The molecule has 2 nitrogen and oxygen atoms in total. The SMILES string of the molecule is CC(C)OCCC(N)Cc1ccccc1Cl. The molecule has 0 radical (unpaired) electrons. The fraction of sp³-hybridized carbons (Fsp3) is 0.538. The molecule has 0 heterocycles. The van der Waals surface area contributed by atoms with Crippen LogP contribution < -0.4 is 5.73 Å². The van der Waals surface area contributed by atoms with Gasteiger partial charge in [0.2, 0.25) is 0 Å². The summed E-state index contributed by atoms with van der Waals surface area (Å²) in [5.74, 6) is 0. The second-order valence-electron chi connectivity index (χ2n) is 4.26. The van der Waals surface area contributed by atoms with Crippen molar-refractivity contribution >= 4 is 11.6 Å². The van der Waals surface area contributed by atoms with E-state index in [-0.39, 0.29) is 12.1 Å². The molecule has 2 N–H and O–H groups in total. The Hall–Kier alpha value is -0.570. The van der Waals surface area contributed by atoms with E-state index < -0.39 is 0 Å². The Balaban J connectivity index is 2.34. The number of rotatable bonds is 6. The van der Waals surface area contributed by atoms with Crippen molar-refractivity contribution in [3.63, 3.8) is 0 Å². The number of hydrogen-bond acceptors (Lipinski definition) is 2. The predicted molar refractivity (Wildman–Crippen MR) is 68.8 cm³/mol. The van der Waals surface area contributed by atoms with Crippen molar-refractivity contribution in [1.29, 1.82) is 0 Å². The topological polar surface area (TPSA) is 35.2 Å². The van der Waals surface area contributed by atoms with Gasteiger partial charge in [0, 0.05) is 17.7 Å². The summed E-state index contributed by atoms with van der Waals surface area (Å²) >= 11 is 6.07. The molecule has 0 aliphatic rings. The summed E-state index contributed by atoms with van der Waals surface area (Å²) < 4.78 is 5.47. The molecular weight excluding hydrogens is 222 g/mol. The van der Waals surface area contributed by atoms with Gasteiger partial charge in [-0.05, 0) is 38.3 Å². The monoisotopic (exact) mass is 241 g/mol. The van der Waals surface area contributed by atoms with Crippen molar-refractivity contribution in [2.24, 2.45) is 5.73 Å². The number of halogens is 1. The minimum absolute atomic E-state index is 0.110. The number of hydrogen-bond donors (Lipinski definition) is 1. The van der Waals surface area contributed by atoms with Gasteiger partial charge in [0.05, 0.1) is 6.10 Å². The molecule has 0 bridgehead atoms. The van der Waals surface area contributed by atoms with Crippen molar-refractivity contribution in [3.8, 4) is 0 Å². The first-order chi connectivity index (χ1) is 7.59. The van der Waals surface area contributed by atoms with Gasteiger partial charge in [-0.15, -0.1) is 0 Å². The third-order valence-corrected chi connectivity index (χ3v) is 2.75. The fourth-order valence-electron chi connectivity index (χ4n) is 1.50. The lowest BCUT2D eigenvalue weighted by Gasteiger charge is -2.14. The van der Waals surface area contributed by atoms with Gasteiger partial charge in [-0.2, -0.15) is 0 Å². The number of benzene rings is 1. The van der Waals surface area contributed by atoms with Gasteiger partial charge in [-0.3, -0.25) is 0 Å². The van der Waals surface area contributed by atoms with E-state index >= 15 is 0 Å². The first kappa shape index (κ1) is 13.5. The number of nitrogens with two attached hydrogens (primary N) is 1. The highest BCUT2D eigenvalue weighted by atomic mass is 35.5. The zero-order valence-corrected chi connectivity index (χ0v) is 10.7. The average Bonchev–Trinajstić information content (AvgIpc) is 2.21. The van der Waals surface area contributed by atoms with E-state index in [1.54, 1.807) is 0 Å². The maximum Gasteiger partial charge on any atom is 0.0518 e. The third-order valence-electron chi connectivity index (χ3n) is 2.38. The Morgan fingerprint density at radius 3 is 2.62 bits per heavy atom. The molecule has 16 heavy (non-hydrogen) atoms. The third kappa shape index (κ3) is 4.97. The Morgan fingerprint density at radius 1 is 1.31 bits per heavy atom. The summed E-state index contributed by atoms with van der Waals surface area (Å²) in [6.45, 7) is 4.77. The van der Waals surface area contributed by atoms with Crippen LogP contribution >= 0.6 is 11.6 Å². The van der Waals surface area contributed by atoms with Crippen LogP contribution in [0.2, 0.25) is 5.02 Å². The molecule has 0 aliphatic heterocycles. The van der Waals surface area contributed by atoms with Crippen molar-refractivity contribution in [3.05, 3.63) is 34.9 Å². The summed E-state index contributed by atoms with van der Waals surface area (Å²) in [4.78, 5) is 0. The maximum absolute atomic E-state index is 6.07. The normalized spacial score (nSPS) is 13.1. The van der Waals surface area contributed by atoms with Crippen LogP contribution in [0, 0.1) is 0 Å². The first-order valence-corrected chi connectivity index (χ1v) is 6.08. The minimum Gasteiger partial charge on any atom is -0.379 e. The van der Waals surface area contributed by atoms with E-state index in [1.807, 2.05) is 38.1 Å². The van der Waals surface area contributed by atoms with Gasteiger partial charge in [0.1, 0.15) is 0 Å². The van der Waals surface area contributed by atoms with Crippen LogP contribution in [0.25, 0.3) is 0 Å². The van der Waals surface area contributed by atoms with Crippen molar-refractivity contribution in [2.45, 2.75) is 38.8 Å². The molecule has 0 aromatic heterocycles. The van der Waals surface area contributed by atoms with Crippen molar-refractivity contribution in [2.75, 3.05) is 6.61 Å². The molecule has 90 valence electrons. The molecule has 1 unspecified atom stereocenters. The van der Waals surface area contributed by atoms with Crippen molar-refractivity contribution in [1.82, 2.24) is 0 Å². The van der Waals surface area contributed by atoms with E-state index in [2.05, 4.69) is 0 Å². The molecule has 0 saturated carbocycles. The zero-order chi connectivity index (χ0) is 12.0. The molecular formula is C13H20ClNO. The van der Waals surface area contributed by atoms with Crippen LogP contribution in [0.3, 0.4) is 0 Å². The Bertz CT molecular complexity index is 315. The van der Waals surface area contributed by atoms with Gasteiger partial charge >= 0.3 is 0 Å². The van der Waals surface area contributed by atoms with Crippen LogP contribution in [-0.2, 0) is 11.2 Å². The highest BCUT2D eigenvalue weighted by Gasteiger charge is 2.07. The Kier molecular flexibility index (Phi) is 5.81. The van der Waals surface area contributed by atoms with Crippen LogP contribution in [0.4, 0.5) is 0 Å². The molecule has 3 heteroatoms. The summed E-state index contributed by atoms with van der Waals surface area (Å²) in [5, 5.41) is 0.794. The van der Waals surface area contributed by atoms with Gasteiger partial charge < -0.3 is 10.5 Å². The summed E-state index contributed by atoms with van der Waals surface area (Å²) in [5.41, 5.74) is 7.13. The Labute approximate surface area is 103 Å². The van der Waals surface area contributed by atoms with Crippen molar-refractivity contribution < 1.29 is 4.74 Å². The minimum atomic E-state index is 0.110. The average molecular weight is 242 g/mol. The molecule has 0 fully saturated rings. The molecule has 1 atom stereocenters. The predicted octanol–water partition coefficient (Wildman–Crippen LogP) is 3.02. The highest BCUT2D eigenvalue weighted by molar-refractivity contribution is 6.31. The number of ether oxygens (including phenoxy) is 1. The van der Waals surface area contributed by atoms with E-state index in [0.29, 0.717) is 6.61 Å². The van der Waals surface area contributed by atoms with E-state index in [0.717, 1.165) is 23.4 Å². The van der Waals surface area contributed by atoms with Gasteiger partial charge in [-0.1, -0.05) is 29.8 Å².